The van der Waals surface area contributed by atoms with Crippen LogP contribution in [0.5, 0.6) is 0 Å². The van der Waals surface area contributed by atoms with E-state index >= 15 is 0 Å². The van der Waals surface area contributed by atoms with Gasteiger partial charge in [-0.3, -0.25) is 9.59 Å². The summed E-state index contributed by atoms with van der Waals surface area (Å²) < 4.78 is 0. The monoisotopic (exact) mass is 528 g/mol. The van der Waals surface area contributed by atoms with Crippen molar-refractivity contribution in [3.63, 3.8) is 0 Å². The van der Waals surface area contributed by atoms with Gasteiger partial charge in [0, 0.05) is 28.0 Å². The molecule has 37 heavy (non-hydrogen) atoms. The van der Waals surface area contributed by atoms with E-state index in [2.05, 4.69) is 11.4 Å². The predicted octanol–water partition coefficient (Wildman–Crippen LogP) is 7.09. The molecule has 2 amide bonds. The van der Waals surface area contributed by atoms with Crippen LogP contribution in [0.15, 0.2) is 90.3 Å². The van der Waals surface area contributed by atoms with Crippen LogP contribution in [0.25, 0.3) is 11.1 Å². The molecule has 6 heteroatoms. The van der Waals surface area contributed by atoms with Gasteiger partial charge in [-0.25, -0.2) is 0 Å². The van der Waals surface area contributed by atoms with Crippen molar-refractivity contribution in [1.29, 1.82) is 0 Å². The normalized spacial score (nSPS) is 14.9. The second-order valence-corrected chi connectivity index (χ2v) is 11.0. The van der Waals surface area contributed by atoms with Crippen molar-refractivity contribution in [3.8, 4) is 11.1 Å². The summed E-state index contributed by atoms with van der Waals surface area (Å²) in [5.41, 5.74) is 4.91. The van der Waals surface area contributed by atoms with Crippen LogP contribution in [0.4, 0.5) is 0 Å². The average molecular weight is 529 g/mol. The third-order valence-electron chi connectivity index (χ3n) is 6.90. The lowest BCUT2D eigenvalue weighted by atomic mass is 9.93. The molecule has 0 spiro atoms. The first-order chi connectivity index (χ1) is 17.9. The predicted molar refractivity (Wildman–Crippen MR) is 151 cm³/mol. The molecule has 188 valence electrons. The SMILES string of the molecule is CC(C)N(CC(=O)N1CCc2sccc2C1c1ccc(Cl)cc1)C(=O)c1ccc(-c2ccccc2)cc1. The molecule has 0 fully saturated rings. The van der Waals surface area contributed by atoms with Crippen LogP contribution in [-0.2, 0) is 11.2 Å². The lowest BCUT2D eigenvalue weighted by Gasteiger charge is -2.38. The van der Waals surface area contributed by atoms with E-state index in [0.29, 0.717) is 17.1 Å². The summed E-state index contributed by atoms with van der Waals surface area (Å²) in [6.07, 6.45) is 0.819. The quantitative estimate of drug-likeness (QED) is 0.268. The van der Waals surface area contributed by atoms with Crippen LogP contribution in [-0.4, -0.2) is 40.7 Å². The Balaban J connectivity index is 1.38. The van der Waals surface area contributed by atoms with E-state index in [9.17, 15) is 9.59 Å². The standard InChI is InChI=1S/C31H29ClN2O2S/c1-21(2)34(31(36)25-10-8-23(9-11-25)22-6-4-3-5-7-22)20-29(35)33-18-16-28-27(17-19-37-28)30(33)24-12-14-26(32)15-13-24/h3-15,17,19,21,30H,16,18,20H2,1-2H3. The number of amides is 2. The van der Waals surface area contributed by atoms with Crippen LogP contribution in [0, 0.1) is 0 Å². The molecule has 4 aromatic rings. The number of hydrogen-bond acceptors (Lipinski definition) is 3. The van der Waals surface area contributed by atoms with Gasteiger partial charge in [-0.2, -0.15) is 0 Å². The summed E-state index contributed by atoms with van der Waals surface area (Å²) in [7, 11) is 0. The number of carbonyl (C=O) groups excluding carboxylic acids is 2. The van der Waals surface area contributed by atoms with Crippen molar-refractivity contribution < 1.29 is 9.59 Å². The lowest BCUT2D eigenvalue weighted by molar-refractivity contribution is -0.134. The first-order valence-electron chi connectivity index (χ1n) is 12.5. The fourth-order valence-electron chi connectivity index (χ4n) is 4.92. The summed E-state index contributed by atoms with van der Waals surface area (Å²) in [5, 5.41) is 2.75. The minimum absolute atomic E-state index is 0.0283. The Hall–Kier alpha value is -3.41. The molecule has 0 saturated heterocycles. The first-order valence-corrected chi connectivity index (χ1v) is 13.8. The number of halogens is 1. The van der Waals surface area contributed by atoms with E-state index in [1.165, 1.54) is 4.88 Å². The highest BCUT2D eigenvalue weighted by Gasteiger charge is 2.34. The molecule has 2 heterocycles. The third kappa shape index (κ3) is 5.34. The molecule has 1 aliphatic rings. The van der Waals surface area contributed by atoms with E-state index in [0.717, 1.165) is 28.7 Å². The van der Waals surface area contributed by atoms with Gasteiger partial charge in [-0.1, -0.05) is 66.2 Å². The van der Waals surface area contributed by atoms with Crippen LogP contribution in [0.3, 0.4) is 0 Å². The molecule has 0 bridgehead atoms. The molecular weight excluding hydrogens is 500 g/mol. The molecule has 0 N–H and O–H groups in total. The highest BCUT2D eigenvalue weighted by Crippen LogP contribution is 2.38. The topological polar surface area (TPSA) is 40.6 Å². The fraction of sp³-hybridized carbons (Fsp3) is 0.226. The molecule has 5 rings (SSSR count). The summed E-state index contributed by atoms with van der Waals surface area (Å²) in [6.45, 7) is 4.55. The highest BCUT2D eigenvalue weighted by atomic mass is 35.5. The van der Waals surface area contributed by atoms with Gasteiger partial charge >= 0.3 is 0 Å². The Bertz CT molecular complexity index is 1380. The highest BCUT2D eigenvalue weighted by molar-refractivity contribution is 7.10. The average Bonchev–Trinajstić information content (AvgIpc) is 3.41. The number of thiophene rings is 1. The lowest BCUT2D eigenvalue weighted by Crippen LogP contribution is -2.48. The Labute approximate surface area is 227 Å². The van der Waals surface area contributed by atoms with Gasteiger partial charge < -0.3 is 9.80 Å². The number of fused-ring (bicyclic) bond motifs is 1. The molecule has 0 radical (unpaired) electrons. The smallest absolute Gasteiger partial charge is 0.254 e. The van der Waals surface area contributed by atoms with Crippen molar-refractivity contribution >= 4 is 34.8 Å². The maximum absolute atomic E-state index is 13.8. The second-order valence-electron chi connectivity index (χ2n) is 9.56. The zero-order valence-electron chi connectivity index (χ0n) is 20.9. The second kappa shape index (κ2) is 10.9. The van der Waals surface area contributed by atoms with E-state index in [1.54, 1.807) is 16.2 Å². The molecular formula is C31H29ClN2O2S. The molecule has 1 unspecified atom stereocenters. The Kier molecular flexibility index (Phi) is 7.45. The van der Waals surface area contributed by atoms with Crippen LogP contribution in [0.2, 0.25) is 5.02 Å². The van der Waals surface area contributed by atoms with Crippen molar-refractivity contribution in [1.82, 2.24) is 9.80 Å². The van der Waals surface area contributed by atoms with Gasteiger partial charge in [0.1, 0.15) is 6.54 Å². The zero-order chi connectivity index (χ0) is 25.9. The van der Waals surface area contributed by atoms with E-state index in [-0.39, 0.29) is 30.4 Å². The number of benzene rings is 3. The number of carbonyl (C=O) groups is 2. The van der Waals surface area contributed by atoms with Gasteiger partial charge in [-0.15, -0.1) is 11.3 Å². The summed E-state index contributed by atoms with van der Waals surface area (Å²) in [6, 6.07) is 27.2. The molecule has 4 nitrogen and oxygen atoms in total. The largest absolute Gasteiger partial charge is 0.330 e. The summed E-state index contributed by atoms with van der Waals surface area (Å²) in [5.74, 6) is -0.195. The zero-order valence-corrected chi connectivity index (χ0v) is 22.5. The summed E-state index contributed by atoms with van der Waals surface area (Å²) >= 11 is 7.88. The fourth-order valence-corrected chi connectivity index (χ4v) is 5.95. The maximum Gasteiger partial charge on any atom is 0.254 e. The van der Waals surface area contributed by atoms with Crippen molar-refractivity contribution in [2.24, 2.45) is 0 Å². The summed E-state index contributed by atoms with van der Waals surface area (Å²) in [4.78, 5) is 32.2. The maximum atomic E-state index is 13.8. The Morgan fingerprint density at radius 1 is 0.946 bits per heavy atom. The van der Waals surface area contributed by atoms with Gasteiger partial charge in [0.05, 0.1) is 6.04 Å². The first kappa shape index (κ1) is 25.2. The molecule has 0 saturated carbocycles. The van der Waals surface area contributed by atoms with Gasteiger partial charge in [-0.05, 0) is 78.2 Å². The number of nitrogens with zero attached hydrogens (tertiary/aromatic N) is 2. The van der Waals surface area contributed by atoms with Crippen LogP contribution >= 0.6 is 22.9 Å². The van der Waals surface area contributed by atoms with E-state index in [1.807, 2.05) is 97.6 Å². The van der Waals surface area contributed by atoms with Gasteiger partial charge in [0.15, 0.2) is 0 Å². The van der Waals surface area contributed by atoms with Gasteiger partial charge in [0.2, 0.25) is 5.91 Å². The van der Waals surface area contributed by atoms with Crippen molar-refractivity contribution in [2.45, 2.75) is 32.4 Å². The van der Waals surface area contributed by atoms with Gasteiger partial charge in [0.25, 0.3) is 5.91 Å². The van der Waals surface area contributed by atoms with E-state index in [4.69, 9.17) is 11.6 Å². The molecule has 3 aromatic carbocycles. The molecule has 1 aromatic heterocycles. The Morgan fingerprint density at radius 3 is 2.30 bits per heavy atom. The molecule has 1 atom stereocenters. The third-order valence-corrected chi connectivity index (χ3v) is 8.15. The van der Waals surface area contributed by atoms with Crippen molar-refractivity contribution in [2.75, 3.05) is 13.1 Å². The molecule has 1 aliphatic heterocycles. The van der Waals surface area contributed by atoms with E-state index < -0.39 is 0 Å². The van der Waals surface area contributed by atoms with Crippen LogP contribution < -0.4 is 0 Å². The Morgan fingerprint density at radius 2 is 1.62 bits per heavy atom. The minimum Gasteiger partial charge on any atom is -0.330 e. The number of rotatable bonds is 6. The molecule has 0 aliphatic carbocycles. The minimum atomic E-state index is -0.186. The number of hydrogen-bond donors (Lipinski definition) is 0. The van der Waals surface area contributed by atoms with Crippen molar-refractivity contribution in [3.05, 3.63) is 117 Å². The van der Waals surface area contributed by atoms with Crippen LogP contribution in [0.1, 0.15) is 46.3 Å².